The van der Waals surface area contributed by atoms with E-state index < -0.39 is 0 Å². The van der Waals surface area contributed by atoms with Crippen molar-refractivity contribution in [2.24, 2.45) is 5.92 Å². The SMILES string of the molecule is CC1CN(C(=O)c2ccc(F)cc2Br)CCC1Cl. The van der Waals surface area contributed by atoms with Gasteiger partial charge in [-0.3, -0.25) is 4.79 Å². The molecule has 1 amide bonds. The van der Waals surface area contributed by atoms with Crippen LogP contribution in [0.15, 0.2) is 22.7 Å². The zero-order chi connectivity index (χ0) is 13.3. The van der Waals surface area contributed by atoms with Crippen molar-refractivity contribution in [2.75, 3.05) is 13.1 Å². The van der Waals surface area contributed by atoms with E-state index in [-0.39, 0.29) is 23.0 Å². The van der Waals surface area contributed by atoms with Gasteiger partial charge < -0.3 is 4.90 Å². The van der Waals surface area contributed by atoms with Crippen molar-refractivity contribution in [3.63, 3.8) is 0 Å². The van der Waals surface area contributed by atoms with Crippen LogP contribution in [0.1, 0.15) is 23.7 Å². The highest BCUT2D eigenvalue weighted by Crippen LogP contribution is 2.25. The Morgan fingerprint density at radius 2 is 2.28 bits per heavy atom. The molecule has 5 heteroatoms. The molecule has 0 radical (unpaired) electrons. The fraction of sp³-hybridized carbons (Fsp3) is 0.462. The molecule has 1 aliphatic rings. The molecule has 0 aromatic heterocycles. The third-order valence-electron chi connectivity index (χ3n) is 3.25. The topological polar surface area (TPSA) is 20.3 Å². The summed E-state index contributed by atoms with van der Waals surface area (Å²) in [6.45, 7) is 3.34. The van der Waals surface area contributed by atoms with Crippen LogP contribution in [0.25, 0.3) is 0 Å². The summed E-state index contributed by atoms with van der Waals surface area (Å²) in [6, 6.07) is 4.12. The van der Waals surface area contributed by atoms with E-state index in [1.807, 2.05) is 6.92 Å². The van der Waals surface area contributed by atoms with Crippen molar-refractivity contribution in [1.82, 2.24) is 4.90 Å². The number of amides is 1. The molecule has 1 saturated heterocycles. The molecular formula is C13H14BrClFNO. The third kappa shape index (κ3) is 2.86. The molecule has 0 bridgehead atoms. The molecule has 98 valence electrons. The summed E-state index contributed by atoms with van der Waals surface area (Å²) in [5.41, 5.74) is 0.497. The average molecular weight is 335 g/mol. The summed E-state index contributed by atoms with van der Waals surface area (Å²) >= 11 is 9.37. The summed E-state index contributed by atoms with van der Waals surface area (Å²) in [5.74, 6) is -0.146. The van der Waals surface area contributed by atoms with Crippen molar-refractivity contribution in [2.45, 2.75) is 18.7 Å². The monoisotopic (exact) mass is 333 g/mol. The van der Waals surface area contributed by atoms with Crippen LogP contribution in [0.4, 0.5) is 4.39 Å². The Kier molecular flexibility index (Phi) is 4.28. The molecule has 2 atom stereocenters. The first-order valence-corrected chi connectivity index (χ1v) is 7.10. The molecular weight excluding hydrogens is 321 g/mol. The zero-order valence-corrected chi connectivity index (χ0v) is 12.3. The van der Waals surface area contributed by atoms with Gasteiger partial charge in [-0.15, -0.1) is 11.6 Å². The van der Waals surface area contributed by atoms with Gasteiger partial charge in [0.2, 0.25) is 0 Å². The van der Waals surface area contributed by atoms with Crippen molar-refractivity contribution in [3.05, 3.63) is 34.1 Å². The number of piperidine rings is 1. The molecule has 2 nitrogen and oxygen atoms in total. The first-order chi connectivity index (χ1) is 8.49. The van der Waals surface area contributed by atoms with E-state index in [9.17, 15) is 9.18 Å². The van der Waals surface area contributed by atoms with Gasteiger partial charge in [0.05, 0.1) is 5.56 Å². The van der Waals surface area contributed by atoms with E-state index in [0.29, 0.717) is 23.1 Å². The summed E-state index contributed by atoms with van der Waals surface area (Å²) in [6.07, 6.45) is 0.799. The fourth-order valence-electron chi connectivity index (χ4n) is 2.13. The largest absolute Gasteiger partial charge is 0.338 e. The zero-order valence-electron chi connectivity index (χ0n) is 10.00. The predicted octanol–water partition coefficient (Wildman–Crippen LogP) is 3.68. The Hall–Kier alpha value is -0.610. The molecule has 2 unspecified atom stereocenters. The van der Waals surface area contributed by atoms with E-state index in [1.165, 1.54) is 18.2 Å². The normalized spacial score (nSPS) is 24.1. The second-order valence-electron chi connectivity index (χ2n) is 4.66. The summed E-state index contributed by atoms with van der Waals surface area (Å²) in [5, 5.41) is 0.130. The maximum absolute atomic E-state index is 13.0. The van der Waals surface area contributed by atoms with E-state index in [4.69, 9.17) is 11.6 Å². The Morgan fingerprint density at radius 1 is 1.56 bits per heavy atom. The molecule has 0 N–H and O–H groups in total. The number of carbonyl (C=O) groups excluding carboxylic acids is 1. The molecule has 1 aromatic carbocycles. The number of carbonyl (C=O) groups is 1. The smallest absolute Gasteiger partial charge is 0.255 e. The van der Waals surface area contributed by atoms with Gasteiger partial charge in [-0.05, 0) is 46.5 Å². The van der Waals surface area contributed by atoms with Crippen LogP contribution in [-0.4, -0.2) is 29.3 Å². The molecule has 0 spiro atoms. The lowest BCUT2D eigenvalue weighted by molar-refractivity contribution is 0.0686. The molecule has 2 rings (SSSR count). The highest BCUT2D eigenvalue weighted by atomic mass is 79.9. The van der Waals surface area contributed by atoms with Crippen LogP contribution >= 0.6 is 27.5 Å². The number of nitrogens with zero attached hydrogens (tertiary/aromatic N) is 1. The number of hydrogen-bond donors (Lipinski definition) is 0. The van der Waals surface area contributed by atoms with Gasteiger partial charge in [-0.1, -0.05) is 6.92 Å². The highest BCUT2D eigenvalue weighted by molar-refractivity contribution is 9.10. The Bertz CT molecular complexity index is 468. The molecule has 1 aromatic rings. The number of rotatable bonds is 1. The minimum absolute atomic E-state index is 0.0720. The lowest BCUT2D eigenvalue weighted by Gasteiger charge is -2.34. The highest BCUT2D eigenvalue weighted by Gasteiger charge is 2.28. The van der Waals surface area contributed by atoms with Crippen LogP contribution in [0.2, 0.25) is 0 Å². The van der Waals surface area contributed by atoms with E-state index in [2.05, 4.69) is 15.9 Å². The van der Waals surface area contributed by atoms with Crippen molar-refractivity contribution >= 4 is 33.4 Å². The maximum atomic E-state index is 13.0. The average Bonchev–Trinajstić information content (AvgIpc) is 2.32. The van der Waals surface area contributed by atoms with Crippen molar-refractivity contribution < 1.29 is 9.18 Å². The number of hydrogen-bond acceptors (Lipinski definition) is 1. The van der Waals surface area contributed by atoms with Gasteiger partial charge in [-0.25, -0.2) is 4.39 Å². The Morgan fingerprint density at radius 3 is 2.89 bits per heavy atom. The number of halogens is 3. The molecule has 0 saturated carbocycles. The van der Waals surface area contributed by atoms with Gasteiger partial charge in [0, 0.05) is 22.9 Å². The van der Waals surface area contributed by atoms with E-state index >= 15 is 0 Å². The Balaban J connectivity index is 2.16. The maximum Gasteiger partial charge on any atom is 0.255 e. The lowest BCUT2D eigenvalue weighted by Crippen LogP contribution is -2.43. The summed E-state index contributed by atoms with van der Waals surface area (Å²) in [7, 11) is 0. The van der Waals surface area contributed by atoms with Crippen LogP contribution in [0, 0.1) is 11.7 Å². The second-order valence-corrected chi connectivity index (χ2v) is 6.07. The van der Waals surface area contributed by atoms with Crippen LogP contribution in [0.5, 0.6) is 0 Å². The van der Waals surface area contributed by atoms with Gasteiger partial charge in [0.15, 0.2) is 0 Å². The first kappa shape index (κ1) is 13.8. The van der Waals surface area contributed by atoms with Crippen LogP contribution in [0.3, 0.4) is 0 Å². The number of benzene rings is 1. The minimum Gasteiger partial charge on any atom is -0.338 e. The van der Waals surface area contributed by atoms with Crippen LogP contribution in [-0.2, 0) is 0 Å². The molecule has 18 heavy (non-hydrogen) atoms. The minimum atomic E-state index is -0.355. The quantitative estimate of drug-likeness (QED) is 0.718. The predicted molar refractivity (Wildman–Crippen MR) is 73.4 cm³/mol. The summed E-state index contributed by atoms with van der Waals surface area (Å²) < 4.78 is 13.5. The van der Waals surface area contributed by atoms with Gasteiger partial charge in [0.1, 0.15) is 5.82 Å². The van der Waals surface area contributed by atoms with Crippen molar-refractivity contribution in [1.29, 1.82) is 0 Å². The number of alkyl halides is 1. The van der Waals surface area contributed by atoms with Gasteiger partial charge >= 0.3 is 0 Å². The van der Waals surface area contributed by atoms with Crippen LogP contribution < -0.4 is 0 Å². The van der Waals surface area contributed by atoms with E-state index in [0.717, 1.165) is 6.42 Å². The molecule has 0 aliphatic carbocycles. The second kappa shape index (κ2) is 5.57. The Labute approximate surface area is 119 Å². The molecule has 1 aliphatic heterocycles. The molecule has 1 fully saturated rings. The lowest BCUT2D eigenvalue weighted by atomic mass is 9.99. The van der Waals surface area contributed by atoms with E-state index in [1.54, 1.807) is 4.90 Å². The molecule has 1 heterocycles. The summed E-state index contributed by atoms with van der Waals surface area (Å²) in [4.78, 5) is 14.1. The number of likely N-dealkylation sites (tertiary alicyclic amines) is 1. The fourth-order valence-corrected chi connectivity index (χ4v) is 2.83. The third-order valence-corrected chi connectivity index (χ3v) is 4.55. The van der Waals surface area contributed by atoms with Gasteiger partial charge in [0.25, 0.3) is 5.91 Å². The standard InChI is InChI=1S/C13H14BrClFNO/c1-8-7-17(5-4-12(8)15)13(18)10-3-2-9(16)6-11(10)14/h2-3,6,8,12H,4-5,7H2,1H3. The van der Waals surface area contributed by atoms with Crippen molar-refractivity contribution in [3.8, 4) is 0 Å². The van der Waals surface area contributed by atoms with Gasteiger partial charge in [-0.2, -0.15) is 0 Å². The first-order valence-electron chi connectivity index (χ1n) is 5.87.